The molecule has 1 aliphatic heterocycles. The predicted octanol–water partition coefficient (Wildman–Crippen LogP) is 6.40. The maximum Gasteiger partial charge on any atom is 0.321 e. The van der Waals surface area contributed by atoms with E-state index in [1.54, 1.807) is 25.4 Å². The number of ether oxygens (including phenoxy) is 2. The highest BCUT2D eigenvalue weighted by molar-refractivity contribution is 5.89. The van der Waals surface area contributed by atoms with E-state index in [9.17, 15) is 4.79 Å². The van der Waals surface area contributed by atoms with E-state index < -0.39 is 0 Å². The minimum atomic E-state index is -0.0943. The average Bonchev–Trinajstić information content (AvgIpc) is 2.83. The molecule has 34 heavy (non-hydrogen) atoms. The number of rotatable bonds is 5. The van der Waals surface area contributed by atoms with E-state index in [4.69, 9.17) is 9.47 Å². The lowest BCUT2D eigenvalue weighted by Gasteiger charge is -2.40. The predicted molar refractivity (Wildman–Crippen MR) is 136 cm³/mol. The average molecular weight is 464 g/mol. The van der Waals surface area contributed by atoms with Gasteiger partial charge in [0.2, 0.25) is 5.88 Å². The molecule has 2 amide bonds. The number of carbonyl (C=O) groups is 1. The molecule has 2 heterocycles. The monoisotopic (exact) mass is 463 g/mol. The van der Waals surface area contributed by atoms with Crippen LogP contribution in [0.5, 0.6) is 11.6 Å². The molecule has 1 aromatic carbocycles. The van der Waals surface area contributed by atoms with E-state index in [1.165, 1.54) is 24.8 Å². The fourth-order valence-electron chi connectivity index (χ4n) is 5.01. The molecule has 182 valence electrons. The number of pyridine rings is 1. The smallest absolute Gasteiger partial charge is 0.321 e. The van der Waals surface area contributed by atoms with Crippen molar-refractivity contribution < 1.29 is 14.3 Å². The number of hydrogen-bond acceptors (Lipinski definition) is 4. The van der Waals surface area contributed by atoms with Crippen LogP contribution >= 0.6 is 0 Å². The number of amides is 2. The van der Waals surface area contributed by atoms with E-state index >= 15 is 0 Å². The minimum absolute atomic E-state index is 0.0879. The Kier molecular flexibility index (Phi) is 7.44. The summed E-state index contributed by atoms with van der Waals surface area (Å²) >= 11 is 0. The van der Waals surface area contributed by atoms with Crippen LogP contribution in [0, 0.1) is 11.8 Å². The van der Waals surface area contributed by atoms with Crippen LogP contribution in [0.3, 0.4) is 0 Å². The van der Waals surface area contributed by atoms with E-state index in [-0.39, 0.29) is 17.6 Å². The van der Waals surface area contributed by atoms with Crippen LogP contribution < -0.4 is 14.8 Å². The van der Waals surface area contributed by atoms with Crippen molar-refractivity contribution >= 4 is 17.8 Å². The van der Waals surface area contributed by atoms with Crippen LogP contribution in [0.15, 0.2) is 48.2 Å². The van der Waals surface area contributed by atoms with Gasteiger partial charge >= 0.3 is 6.03 Å². The van der Waals surface area contributed by atoms with Crippen molar-refractivity contribution in [3.63, 3.8) is 0 Å². The van der Waals surface area contributed by atoms with Crippen LogP contribution in [-0.2, 0) is 0 Å². The van der Waals surface area contributed by atoms with Crippen molar-refractivity contribution in [2.75, 3.05) is 25.5 Å². The molecule has 0 radical (unpaired) electrons. The number of urea groups is 1. The Morgan fingerprint density at radius 3 is 2.79 bits per heavy atom. The normalized spacial score (nSPS) is 26.2. The van der Waals surface area contributed by atoms with Crippen LogP contribution in [0.2, 0.25) is 0 Å². The third-order valence-corrected chi connectivity index (χ3v) is 7.45. The molecule has 1 saturated carbocycles. The lowest BCUT2D eigenvalue weighted by Crippen LogP contribution is -2.42. The summed E-state index contributed by atoms with van der Waals surface area (Å²) in [5.41, 5.74) is 3.10. The van der Waals surface area contributed by atoms with E-state index in [0.29, 0.717) is 30.6 Å². The Bertz CT molecular complexity index is 1020. The van der Waals surface area contributed by atoms with Crippen LogP contribution in [0.25, 0.3) is 6.08 Å². The first kappa shape index (κ1) is 24.1. The van der Waals surface area contributed by atoms with Crippen LogP contribution in [0.4, 0.5) is 10.5 Å². The number of carbonyl (C=O) groups excluding carboxylic acids is 1. The van der Waals surface area contributed by atoms with Gasteiger partial charge in [0.05, 0.1) is 19.0 Å². The number of piperidine rings is 1. The van der Waals surface area contributed by atoms with Crippen molar-refractivity contribution in [1.29, 1.82) is 0 Å². The summed E-state index contributed by atoms with van der Waals surface area (Å²) in [6, 6.07) is 11.9. The SMILES string of the molecule is COc1ccc(NC(=O)N2CCC(=Cc3cccc(OC4(C)CCCCC4C)c3)C(C)C2)cn1. The largest absolute Gasteiger partial charge is 0.487 e. The highest BCUT2D eigenvalue weighted by Crippen LogP contribution is 2.37. The molecule has 4 rings (SSSR count). The quantitative estimate of drug-likeness (QED) is 0.558. The molecule has 2 aliphatic rings. The van der Waals surface area contributed by atoms with Gasteiger partial charge in [-0.25, -0.2) is 9.78 Å². The maximum absolute atomic E-state index is 12.7. The number of methoxy groups -OCH3 is 1. The summed E-state index contributed by atoms with van der Waals surface area (Å²) in [6.07, 6.45) is 9.62. The standard InChI is InChI=1S/C28H37N3O3/c1-20-19-31(27(32)30-24-11-12-26(33-4)29-18-24)15-13-23(20)16-22-9-7-10-25(17-22)34-28(3)14-6-5-8-21(28)2/h7,9-12,16-18,20-21H,5-6,8,13-15,19H2,1-4H3,(H,30,32). The van der Waals surface area contributed by atoms with Gasteiger partial charge in [0.25, 0.3) is 0 Å². The van der Waals surface area contributed by atoms with Crippen molar-refractivity contribution in [2.24, 2.45) is 11.8 Å². The van der Waals surface area contributed by atoms with Crippen LogP contribution in [0.1, 0.15) is 58.4 Å². The Morgan fingerprint density at radius 1 is 1.24 bits per heavy atom. The van der Waals surface area contributed by atoms with Gasteiger partial charge in [-0.05, 0) is 68.2 Å². The molecule has 0 spiro atoms. The number of aromatic nitrogens is 1. The molecular weight excluding hydrogens is 426 g/mol. The zero-order chi connectivity index (χ0) is 24.1. The van der Waals surface area contributed by atoms with E-state index in [0.717, 1.165) is 24.2 Å². The van der Waals surface area contributed by atoms with Crippen LogP contribution in [-0.4, -0.2) is 41.7 Å². The summed E-state index contributed by atoms with van der Waals surface area (Å²) in [6.45, 7) is 8.13. The molecule has 2 aromatic rings. The molecule has 1 aliphatic carbocycles. The van der Waals surface area contributed by atoms with Crippen molar-refractivity contribution in [3.05, 3.63) is 53.7 Å². The summed E-state index contributed by atoms with van der Waals surface area (Å²) in [7, 11) is 1.57. The number of likely N-dealkylation sites (tertiary alicyclic amines) is 1. The summed E-state index contributed by atoms with van der Waals surface area (Å²) in [5.74, 6) is 2.32. The first-order valence-electron chi connectivity index (χ1n) is 12.4. The Balaban J connectivity index is 1.37. The fourth-order valence-corrected chi connectivity index (χ4v) is 5.01. The van der Waals surface area contributed by atoms with Gasteiger partial charge in [-0.1, -0.05) is 44.1 Å². The Labute approximate surface area is 203 Å². The van der Waals surface area contributed by atoms with Crippen molar-refractivity contribution in [1.82, 2.24) is 9.88 Å². The van der Waals surface area contributed by atoms with E-state index in [2.05, 4.69) is 61.4 Å². The molecule has 0 bridgehead atoms. The lowest BCUT2D eigenvalue weighted by atomic mass is 9.77. The van der Waals surface area contributed by atoms with Gasteiger partial charge < -0.3 is 19.7 Å². The molecule has 1 aromatic heterocycles. The summed E-state index contributed by atoms with van der Waals surface area (Å²) in [4.78, 5) is 18.8. The molecule has 6 heteroatoms. The zero-order valence-corrected chi connectivity index (χ0v) is 20.8. The molecular formula is C28H37N3O3. The topological polar surface area (TPSA) is 63.7 Å². The van der Waals surface area contributed by atoms with Crippen molar-refractivity contribution in [3.8, 4) is 11.6 Å². The fraction of sp³-hybridized carbons (Fsp3) is 0.500. The third kappa shape index (κ3) is 5.72. The molecule has 3 unspecified atom stereocenters. The number of anilines is 1. The number of nitrogens with zero attached hydrogens (tertiary/aromatic N) is 2. The summed E-state index contributed by atoms with van der Waals surface area (Å²) < 4.78 is 11.6. The van der Waals surface area contributed by atoms with Gasteiger partial charge in [0.1, 0.15) is 11.4 Å². The second-order valence-electron chi connectivity index (χ2n) is 9.97. The molecule has 2 fully saturated rings. The molecule has 1 saturated heterocycles. The minimum Gasteiger partial charge on any atom is -0.487 e. The van der Waals surface area contributed by atoms with Gasteiger partial charge in [-0.3, -0.25) is 0 Å². The highest BCUT2D eigenvalue weighted by atomic mass is 16.5. The van der Waals surface area contributed by atoms with Gasteiger partial charge in [-0.15, -0.1) is 0 Å². The van der Waals surface area contributed by atoms with Gasteiger partial charge in [-0.2, -0.15) is 0 Å². The highest BCUT2D eigenvalue weighted by Gasteiger charge is 2.35. The molecule has 3 atom stereocenters. The molecule has 1 N–H and O–H groups in total. The summed E-state index contributed by atoms with van der Waals surface area (Å²) in [5, 5.41) is 2.93. The number of benzene rings is 1. The number of hydrogen-bond donors (Lipinski definition) is 1. The van der Waals surface area contributed by atoms with Gasteiger partial charge in [0, 0.05) is 19.2 Å². The van der Waals surface area contributed by atoms with E-state index in [1.807, 2.05) is 4.90 Å². The van der Waals surface area contributed by atoms with Gasteiger partial charge in [0.15, 0.2) is 0 Å². The Hall–Kier alpha value is -3.02. The Morgan fingerprint density at radius 2 is 2.09 bits per heavy atom. The van der Waals surface area contributed by atoms with Crippen molar-refractivity contribution in [2.45, 2.75) is 58.5 Å². The first-order valence-corrected chi connectivity index (χ1v) is 12.4. The first-order chi connectivity index (χ1) is 16.4. The third-order valence-electron chi connectivity index (χ3n) is 7.45. The lowest BCUT2D eigenvalue weighted by molar-refractivity contribution is 0.000606. The maximum atomic E-state index is 12.7. The second-order valence-corrected chi connectivity index (χ2v) is 9.97. The zero-order valence-electron chi connectivity index (χ0n) is 20.8. The second kappa shape index (κ2) is 10.5. The molecule has 6 nitrogen and oxygen atoms in total. The number of nitrogens with one attached hydrogen (secondary N) is 1.